The Morgan fingerprint density at radius 3 is 0.732 bits per heavy atom. The van der Waals surface area contributed by atoms with E-state index in [-0.39, 0.29) is 0 Å². The van der Waals surface area contributed by atoms with Crippen LogP contribution in [0.1, 0.15) is 38.9 Å². The fourth-order valence-corrected chi connectivity index (χ4v) is 31.3. The van der Waals surface area contributed by atoms with Crippen LogP contribution in [-0.2, 0) is 0 Å². The molecule has 0 aliphatic carbocycles. The van der Waals surface area contributed by atoms with Crippen molar-refractivity contribution in [3.8, 4) is 0 Å². The molecule has 0 radical (unpaired) electrons. The van der Waals surface area contributed by atoms with Crippen molar-refractivity contribution in [3.63, 3.8) is 0 Å². The lowest BCUT2D eigenvalue weighted by atomic mass is 10.2. The van der Waals surface area contributed by atoms with Gasteiger partial charge in [0.2, 0.25) is 0 Å². The van der Waals surface area contributed by atoms with E-state index in [9.17, 15) is 0 Å². The van der Waals surface area contributed by atoms with Crippen LogP contribution < -0.4 is 62.2 Å². The highest BCUT2D eigenvalue weighted by molar-refractivity contribution is 6.96. The van der Waals surface area contributed by atoms with Crippen LogP contribution in [0.3, 0.4) is 0 Å². The summed E-state index contributed by atoms with van der Waals surface area (Å²) in [5.41, 5.74) is 10.3. The summed E-state index contributed by atoms with van der Waals surface area (Å²) in [6, 6.07) is 53.0. The molecular formula is C85H152Si12. The van der Waals surface area contributed by atoms with Crippen LogP contribution in [0.15, 0.2) is 140 Å². The molecule has 0 aliphatic heterocycles. The van der Waals surface area contributed by atoms with Crippen molar-refractivity contribution in [3.05, 3.63) is 178 Å². The standard InChI is InChI=1S/C16H32Si3.3C13H24Si2.3C10H16Si/c1-13-15(18(5,6)7)11-14(17(2,3)4)12-16(13)19(8,9)10;1-11-8-12(14(2,3)4)10-13(9-11)15(5,6)7;1-11-8-9-12(14(2,3)4)10-13(11)15(5,6)7;1-11-12(14(2,3)4)9-8-10-13(11)15(5,6)7;1-9-5-7-10(8-6-9)11(2,3)4;1-9-6-5-7-10(8-9)11(2,3)4;1-9-7-5-6-8-10(9)11(2,3)4/h11-12H,1-10H3;3*8-10H,1-7H3;3*5-8H,1-4H3. The molecule has 0 amide bonds. The molecule has 0 atom stereocenters. The highest BCUT2D eigenvalue weighted by Crippen LogP contribution is 2.16. The Hall–Kier alpha value is -2.86. The molecule has 0 saturated heterocycles. The zero-order valence-corrected chi connectivity index (χ0v) is 83.8. The molecule has 7 aromatic rings. The van der Waals surface area contributed by atoms with Gasteiger partial charge in [-0.2, -0.15) is 0 Å². The highest BCUT2D eigenvalue weighted by atomic mass is 28.3. The minimum Gasteiger partial charge on any atom is -0.0656 e. The molecule has 540 valence electrons. The van der Waals surface area contributed by atoms with Gasteiger partial charge in [-0.05, 0) is 48.5 Å². The van der Waals surface area contributed by atoms with Crippen molar-refractivity contribution in [2.75, 3.05) is 0 Å². The third-order valence-electron chi connectivity index (χ3n) is 18.3. The molecule has 0 spiro atoms. The molecule has 0 N–H and O–H groups in total. The fraction of sp³-hybridized carbons (Fsp3) is 0.506. The lowest BCUT2D eigenvalue weighted by molar-refractivity contribution is 1.48. The molecule has 0 unspecified atom stereocenters. The van der Waals surface area contributed by atoms with E-state index in [0.717, 1.165) is 0 Å². The van der Waals surface area contributed by atoms with Crippen molar-refractivity contribution >= 4 is 159 Å². The molecule has 0 saturated carbocycles. The van der Waals surface area contributed by atoms with Crippen LogP contribution in [0.2, 0.25) is 236 Å². The average Bonchev–Trinajstić information content (AvgIpc) is 0.780. The number of rotatable bonds is 12. The largest absolute Gasteiger partial charge is 0.0779 e. The van der Waals surface area contributed by atoms with Gasteiger partial charge in [0.05, 0.1) is 96.9 Å². The lowest BCUT2D eigenvalue weighted by Crippen LogP contribution is -2.53. The van der Waals surface area contributed by atoms with Crippen LogP contribution in [0.5, 0.6) is 0 Å². The molecule has 7 rings (SSSR count). The van der Waals surface area contributed by atoms with Gasteiger partial charge in [-0.25, -0.2) is 0 Å². The molecule has 97 heavy (non-hydrogen) atoms. The maximum absolute atomic E-state index is 2.57. The van der Waals surface area contributed by atoms with Crippen LogP contribution in [0, 0.1) is 48.5 Å². The lowest BCUT2D eigenvalue weighted by Gasteiger charge is -2.30. The third kappa shape index (κ3) is 32.1. The molecule has 12 heteroatoms. The Labute approximate surface area is 616 Å². The van der Waals surface area contributed by atoms with Crippen LogP contribution in [0.4, 0.5) is 0 Å². The first-order chi connectivity index (χ1) is 43.1. The van der Waals surface area contributed by atoms with E-state index >= 15 is 0 Å². The van der Waals surface area contributed by atoms with E-state index in [4.69, 9.17) is 0 Å². The summed E-state index contributed by atoms with van der Waals surface area (Å²) >= 11 is 0. The van der Waals surface area contributed by atoms with Crippen LogP contribution in [0.25, 0.3) is 0 Å². The number of benzene rings is 7. The summed E-state index contributed by atoms with van der Waals surface area (Å²) in [5.74, 6) is 0. The summed E-state index contributed by atoms with van der Waals surface area (Å²) in [6.07, 6.45) is 0. The minimum atomic E-state index is -1.25. The summed E-state index contributed by atoms with van der Waals surface area (Å²) in [4.78, 5) is 0. The maximum Gasteiger partial charge on any atom is 0.0779 e. The van der Waals surface area contributed by atoms with Gasteiger partial charge in [0.1, 0.15) is 0 Å². The molecule has 7 aromatic carbocycles. The second-order valence-corrected chi connectivity index (χ2v) is 102. The van der Waals surface area contributed by atoms with E-state index in [2.05, 4.69) is 424 Å². The normalized spacial score (nSPS) is 12.7. The number of hydrogen-bond donors (Lipinski definition) is 0. The number of hydrogen-bond acceptors (Lipinski definition) is 0. The van der Waals surface area contributed by atoms with Crippen molar-refractivity contribution < 1.29 is 0 Å². The predicted octanol–water partition coefficient (Wildman–Crippen LogP) is 20.5. The minimum absolute atomic E-state index is 1.06. The Morgan fingerprint density at radius 1 is 0.155 bits per heavy atom. The Balaban J connectivity index is 0.000000570. The van der Waals surface area contributed by atoms with Crippen LogP contribution in [-0.4, -0.2) is 96.9 Å². The molecule has 0 aromatic heterocycles. The van der Waals surface area contributed by atoms with Gasteiger partial charge < -0.3 is 0 Å². The van der Waals surface area contributed by atoms with Crippen molar-refractivity contribution in [1.29, 1.82) is 0 Å². The van der Waals surface area contributed by atoms with Gasteiger partial charge in [-0.1, -0.05) is 476 Å². The zero-order valence-electron chi connectivity index (χ0n) is 71.8. The van der Waals surface area contributed by atoms with E-state index < -0.39 is 96.9 Å². The maximum atomic E-state index is 2.57. The van der Waals surface area contributed by atoms with Gasteiger partial charge in [0, 0.05) is 0 Å². The third-order valence-corrected chi connectivity index (χ3v) is 43.4. The van der Waals surface area contributed by atoms with Crippen molar-refractivity contribution in [2.45, 2.75) is 284 Å². The molecule has 0 heterocycles. The second kappa shape index (κ2) is 35.6. The quantitative estimate of drug-likeness (QED) is 0.107. The topological polar surface area (TPSA) is 0 Å². The first kappa shape index (κ1) is 92.2. The first-order valence-electron chi connectivity index (χ1n) is 36.8. The Bertz CT molecular complexity index is 3460. The number of aryl methyl sites for hydroxylation is 5. The van der Waals surface area contributed by atoms with Gasteiger partial charge in [0.25, 0.3) is 0 Å². The summed E-state index contributed by atoms with van der Waals surface area (Å²) in [6.45, 7) is 103. The van der Waals surface area contributed by atoms with Crippen molar-refractivity contribution in [1.82, 2.24) is 0 Å². The van der Waals surface area contributed by atoms with Crippen molar-refractivity contribution in [2.24, 2.45) is 0 Å². The molecule has 0 nitrogen and oxygen atoms in total. The monoisotopic (exact) mass is 1510 g/mol. The summed E-state index contributed by atoms with van der Waals surface area (Å²) in [5, 5.41) is 19.5. The Kier molecular flexibility index (Phi) is 33.8. The second-order valence-electron chi connectivity index (χ2n) is 40.8. The first-order valence-corrected chi connectivity index (χ1v) is 78.8. The summed E-state index contributed by atoms with van der Waals surface area (Å²) in [7, 11) is -13.9. The average molecular weight is 1510 g/mol. The van der Waals surface area contributed by atoms with Gasteiger partial charge in [0.15, 0.2) is 0 Å². The fourth-order valence-electron chi connectivity index (χ4n) is 12.1. The van der Waals surface area contributed by atoms with E-state index in [1.54, 1.807) is 73.4 Å². The SMILES string of the molecule is Cc1c([Si](C)(C)C)cc([Si](C)(C)C)cc1[Si](C)(C)C.Cc1c([Si](C)(C)C)cccc1[Si](C)(C)C.Cc1cc([Si](C)(C)C)cc([Si](C)(C)C)c1.Cc1ccc([Si](C)(C)C)cc1.Cc1ccc([Si](C)(C)C)cc1[Si](C)(C)C.Cc1cccc([Si](C)(C)C)c1.Cc1ccccc1[Si](C)(C)C. The Morgan fingerprint density at radius 2 is 0.423 bits per heavy atom. The molecule has 0 aliphatic rings. The highest BCUT2D eigenvalue weighted by Gasteiger charge is 2.31. The molecular weight excluding hydrogens is 1360 g/mol. The molecule has 0 bridgehead atoms. The van der Waals surface area contributed by atoms with E-state index in [1.165, 1.54) is 27.8 Å². The van der Waals surface area contributed by atoms with Gasteiger partial charge in [-0.15, -0.1) is 0 Å². The molecule has 0 fully saturated rings. The predicted molar refractivity (Wildman–Crippen MR) is 494 cm³/mol. The van der Waals surface area contributed by atoms with Gasteiger partial charge in [-0.3, -0.25) is 0 Å². The smallest absolute Gasteiger partial charge is 0.0656 e. The van der Waals surface area contributed by atoms with E-state index in [1.807, 2.05) is 0 Å². The van der Waals surface area contributed by atoms with E-state index in [0.29, 0.717) is 0 Å². The summed E-state index contributed by atoms with van der Waals surface area (Å²) < 4.78 is 0. The zero-order chi connectivity index (χ0) is 76.2. The van der Waals surface area contributed by atoms with Gasteiger partial charge >= 0.3 is 0 Å². The van der Waals surface area contributed by atoms with Crippen LogP contribution >= 0.6 is 0 Å².